The van der Waals surface area contributed by atoms with E-state index >= 15 is 0 Å². The lowest BCUT2D eigenvalue weighted by Gasteiger charge is -1.98. The molecule has 0 bridgehead atoms. The average Bonchev–Trinajstić information content (AvgIpc) is 2.05. The molecule has 12 heavy (non-hydrogen) atoms. The van der Waals surface area contributed by atoms with Crippen LogP contribution < -0.4 is 5.73 Å². The Bertz CT molecular complexity index is 266. The summed E-state index contributed by atoms with van der Waals surface area (Å²) in [5, 5.41) is 8.70. The summed E-state index contributed by atoms with van der Waals surface area (Å²) in [6, 6.07) is 7.99. The first-order valence-corrected chi connectivity index (χ1v) is 3.61. The van der Waals surface area contributed by atoms with Crippen molar-refractivity contribution < 1.29 is 9.90 Å². The average molecular weight is 164 g/mol. The SMILES string of the molecule is NC(=O)Cc1[c]cc(CO)cc1. The molecule has 0 fully saturated rings. The first kappa shape index (κ1) is 8.74. The van der Waals surface area contributed by atoms with Crippen LogP contribution in [0.25, 0.3) is 0 Å². The maximum Gasteiger partial charge on any atom is 0.221 e. The van der Waals surface area contributed by atoms with Gasteiger partial charge in [-0.3, -0.25) is 4.79 Å². The van der Waals surface area contributed by atoms with Crippen molar-refractivity contribution in [1.82, 2.24) is 0 Å². The van der Waals surface area contributed by atoms with Crippen LogP contribution >= 0.6 is 0 Å². The lowest BCUT2D eigenvalue weighted by molar-refractivity contribution is -0.117. The second kappa shape index (κ2) is 3.88. The van der Waals surface area contributed by atoms with Crippen molar-refractivity contribution in [2.24, 2.45) is 5.73 Å². The van der Waals surface area contributed by atoms with Crippen molar-refractivity contribution in [2.75, 3.05) is 0 Å². The van der Waals surface area contributed by atoms with Crippen LogP contribution in [0.15, 0.2) is 18.2 Å². The molecule has 0 saturated heterocycles. The van der Waals surface area contributed by atoms with E-state index in [1.54, 1.807) is 18.2 Å². The summed E-state index contributed by atoms with van der Waals surface area (Å²) in [4.78, 5) is 10.5. The Kier molecular flexibility index (Phi) is 2.82. The van der Waals surface area contributed by atoms with Crippen LogP contribution in [0.2, 0.25) is 0 Å². The van der Waals surface area contributed by atoms with E-state index in [0.29, 0.717) is 0 Å². The van der Waals surface area contributed by atoms with Gasteiger partial charge in [-0.1, -0.05) is 12.1 Å². The van der Waals surface area contributed by atoms with Crippen molar-refractivity contribution in [3.05, 3.63) is 35.4 Å². The third-order valence-corrected chi connectivity index (χ3v) is 1.49. The van der Waals surface area contributed by atoms with Crippen LogP contribution in [0.1, 0.15) is 11.1 Å². The van der Waals surface area contributed by atoms with Gasteiger partial charge < -0.3 is 10.8 Å². The number of nitrogens with two attached hydrogens (primary N) is 1. The Morgan fingerprint density at radius 1 is 1.58 bits per heavy atom. The molecule has 63 valence electrons. The van der Waals surface area contributed by atoms with Crippen molar-refractivity contribution in [1.29, 1.82) is 0 Å². The Morgan fingerprint density at radius 3 is 2.75 bits per heavy atom. The maximum absolute atomic E-state index is 10.5. The van der Waals surface area contributed by atoms with Crippen LogP contribution in [0.3, 0.4) is 0 Å². The molecule has 0 spiro atoms. The number of hydrogen-bond acceptors (Lipinski definition) is 2. The van der Waals surface area contributed by atoms with Gasteiger partial charge in [-0.05, 0) is 23.3 Å². The zero-order chi connectivity index (χ0) is 8.97. The molecule has 0 aliphatic rings. The van der Waals surface area contributed by atoms with Gasteiger partial charge >= 0.3 is 0 Å². The minimum Gasteiger partial charge on any atom is -0.392 e. The first-order chi connectivity index (χ1) is 5.72. The summed E-state index contributed by atoms with van der Waals surface area (Å²) in [5.41, 5.74) is 6.52. The van der Waals surface area contributed by atoms with Crippen LogP contribution in [-0.2, 0) is 17.8 Å². The fraction of sp³-hybridized carbons (Fsp3) is 0.222. The number of aliphatic hydroxyl groups is 1. The van der Waals surface area contributed by atoms with Gasteiger partial charge in [-0.15, -0.1) is 0 Å². The van der Waals surface area contributed by atoms with E-state index in [1.165, 1.54) is 0 Å². The summed E-state index contributed by atoms with van der Waals surface area (Å²) in [6.07, 6.45) is 0.200. The molecule has 1 amide bonds. The van der Waals surface area contributed by atoms with Crippen LogP contribution in [0.4, 0.5) is 0 Å². The van der Waals surface area contributed by atoms with E-state index < -0.39 is 0 Å². The van der Waals surface area contributed by atoms with Crippen LogP contribution in [0.5, 0.6) is 0 Å². The van der Waals surface area contributed by atoms with Gasteiger partial charge in [0.15, 0.2) is 0 Å². The summed E-state index contributed by atoms with van der Waals surface area (Å²) in [5.74, 6) is -0.372. The standard InChI is InChI=1S/C9H10NO2/c10-9(12)5-7-1-3-8(6-11)4-2-7/h1,3-4,11H,5-6H2,(H2,10,12). The molecule has 0 unspecified atom stereocenters. The molecule has 3 N–H and O–H groups in total. The number of amides is 1. The lowest BCUT2D eigenvalue weighted by atomic mass is 10.1. The van der Waals surface area contributed by atoms with E-state index in [-0.39, 0.29) is 18.9 Å². The second-order valence-electron chi connectivity index (χ2n) is 2.52. The van der Waals surface area contributed by atoms with E-state index in [2.05, 4.69) is 6.07 Å². The van der Waals surface area contributed by atoms with Gasteiger partial charge in [0.25, 0.3) is 0 Å². The molecule has 1 aromatic carbocycles. The molecule has 0 saturated carbocycles. The topological polar surface area (TPSA) is 63.3 Å². The normalized spacial score (nSPS) is 9.75. The third-order valence-electron chi connectivity index (χ3n) is 1.49. The summed E-state index contributed by atoms with van der Waals surface area (Å²) >= 11 is 0. The quantitative estimate of drug-likeness (QED) is 0.660. The molecule has 1 radical (unpaired) electrons. The summed E-state index contributed by atoms with van der Waals surface area (Å²) < 4.78 is 0. The van der Waals surface area contributed by atoms with Gasteiger partial charge in [0.2, 0.25) is 5.91 Å². The zero-order valence-electron chi connectivity index (χ0n) is 6.58. The molecule has 0 aromatic heterocycles. The van der Waals surface area contributed by atoms with E-state index in [9.17, 15) is 4.79 Å². The minimum absolute atomic E-state index is 0.00660. The van der Waals surface area contributed by atoms with Crippen molar-refractivity contribution in [2.45, 2.75) is 13.0 Å². The molecule has 0 atom stereocenters. The summed E-state index contributed by atoms with van der Waals surface area (Å²) in [7, 11) is 0. The molecule has 0 heterocycles. The predicted molar refractivity (Wildman–Crippen MR) is 44.1 cm³/mol. The highest BCUT2D eigenvalue weighted by atomic mass is 16.3. The van der Waals surface area contributed by atoms with Gasteiger partial charge in [-0.25, -0.2) is 0 Å². The van der Waals surface area contributed by atoms with Crippen LogP contribution in [0, 0.1) is 6.07 Å². The second-order valence-corrected chi connectivity index (χ2v) is 2.52. The molecular formula is C9H10NO2. The number of aliphatic hydroxyl groups excluding tert-OH is 1. The highest BCUT2D eigenvalue weighted by molar-refractivity contribution is 5.76. The maximum atomic E-state index is 10.5. The van der Waals surface area contributed by atoms with Gasteiger partial charge in [-0.2, -0.15) is 0 Å². The minimum atomic E-state index is -0.372. The fourth-order valence-corrected chi connectivity index (χ4v) is 0.885. The zero-order valence-corrected chi connectivity index (χ0v) is 6.58. The predicted octanol–water partition coefficient (Wildman–Crippen LogP) is 0.00689. The van der Waals surface area contributed by atoms with Crippen molar-refractivity contribution in [3.63, 3.8) is 0 Å². The highest BCUT2D eigenvalue weighted by Gasteiger charge is 1.97. The van der Waals surface area contributed by atoms with Gasteiger partial charge in [0.05, 0.1) is 13.0 Å². The third kappa shape index (κ3) is 2.36. The molecule has 0 aliphatic heterocycles. The Hall–Kier alpha value is -1.35. The Labute approximate surface area is 70.8 Å². The van der Waals surface area contributed by atoms with Gasteiger partial charge in [0, 0.05) is 0 Å². The largest absolute Gasteiger partial charge is 0.392 e. The van der Waals surface area contributed by atoms with Crippen LogP contribution in [-0.4, -0.2) is 11.0 Å². The number of carbonyl (C=O) groups is 1. The van der Waals surface area contributed by atoms with Crippen molar-refractivity contribution in [3.8, 4) is 0 Å². The van der Waals surface area contributed by atoms with E-state index in [0.717, 1.165) is 11.1 Å². The Morgan fingerprint density at radius 2 is 2.33 bits per heavy atom. The number of rotatable bonds is 3. The smallest absolute Gasteiger partial charge is 0.221 e. The number of hydrogen-bond donors (Lipinski definition) is 2. The first-order valence-electron chi connectivity index (χ1n) is 3.61. The molecule has 0 aliphatic carbocycles. The van der Waals surface area contributed by atoms with Gasteiger partial charge in [0.1, 0.15) is 0 Å². The molecule has 1 rings (SSSR count). The molecule has 1 aromatic rings. The number of primary amides is 1. The molecular weight excluding hydrogens is 154 g/mol. The fourth-order valence-electron chi connectivity index (χ4n) is 0.885. The Balaban J connectivity index is 2.71. The highest BCUT2D eigenvalue weighted by Crippen LogP contribution is 2.03. The number of carbonyl (C=O) groups excluding carboxylic acids is 1. The summed E-state index contributed by atoms with van der Waals surface area (Å²) in [6.45, 7) is -0.00660. The van der Waals surface area contributed by atoms with E-state index in [4.69, 9.17) is 10.8 Å². The number of benzene rings is 1. The monoisotopic (exact) mass is 164 g/mol. The van der Waals surface area contributed by atoms with E-state index in [1.807, 2.05) is 0 Å². The van der Waals surface area contributed by atoms with Crippen molar-refractivity contribution >= 4 is 5.91 Å². The molecule has 3 nitrogen and oxygen atoms in total. The molecule has 3 heteroatoms. The lowest BCUT2D eigenvalue weighted by Crippen LogP contribution is -2.13.